The molecule has 0 radical (unpaired) electrons. The van der Waals surface area contributed by atoms with Gasteiger partial charge in [0.1, 0.15) is 0 Å². The third-order valence-corrected chi connectivity index (χ3v) is 4.55. The number of anilines is 2. The van der Waals surface area contributed by atoms with Crippen LogP contribution >= 0.6 is 11.6 Å². The van der Waals surface area contributed by atoms with Gasteiger partial charge in [-0.2, -0.15) is 0 Å². The Morgan fingerprint density at radius 1 is 1.00 bits per heavy atom. The molecular formula is C21H25ClN2O2. The van der Waals surface area contributed by atoms with Crippen molar-refractivity contribution in [1.82, 2.24) is 0 Å². The monoisotopic (exact) mass is 372 g/mol. The highest BCUT2D eigenvalue weighted by atomic mass is 35.5. The average Bonchev–Trinajstić information content (AvgIpc) is 2.52. The lowest BCUT2D eigenvalue weighted by Crippen LogP contribution is -2.32. The number of benzene rings is 2. The van der Waals surface area contributed by atoms with Crippen molar-refractivity contribution in [3.05, 3.63) is 57.6 Å². The van der Waals surface area contributed by atoms with Gasteiger partial charge in [0.05, 0.1) is 10.7 Å². The molecule has 0 saturated heterocycles. The zero-order valence-electron chi connectivity index (χ0n) is 15.9. The number of carbonyl (C=O) groups is 2. The molecule has 5 heteroatoms. The number of hydrogen-bond acceptors (Lipinski definition) is 2. The summed E-state index contributed by atoms with van der Waals surface area (Å²) in [5, 5.41) is 3.43. The van der Waals surface area contributed by atoms with Crippen LogP contribution in [0.5, 0.6) is 0 Å². The van der Waals surface area contributed by atoms with Crippen molar-refractivity contribution in [3.63, 3.8) is 0 Å². The molecule has 0 aliphatic heterocycles. The molecule has 0 aliphatic rings. The number of rotatable bonds is 5. The maximum atomic E-state index is 12.3. The van der Waals surface area contributed by atoms with Crippen LogP contribution in [-0.4, -0.2) is 18.4 Å². The van der Waals surface area contributed by atoms with Crippen molar-refractivity contribution in [2.75, 3.05) is 16.8 Å². The Labute approximate surface area is 160 Å². The number of halogens is 1. The van der Waals surface area contributed by atoms with Crippen LogP contribution in [0.3, 0.4) is 0 Å². The van der Waals surface area contributed by atoms with E-state index in [1.165, 1.54) is 6.92 Å². The fourth-order valence-corrected chi connectivity index (χ4v) is 3.48. The zero-order valence-corrected chi connectivity index (χ0v) is 16.7. The van der Waals surface area contributed by atoms with Gasteiger partial charge in [0.15, 0.2) is 0 Å². The summed E-state index contributed by atoms with van der Waals surface area (Å²) in [4.78, 5) is 26.0. The van der Waals surface area contributed by atoms with Gasteiger partial charge in [0.2, 0.25) is 11.8 Å². The lowest BCUT2D eigenvalue weighted by molar-refractivity contribution is -0.117. The van der Waals surface area contributed by atoms with E-state index in [9.17, 15) is 9.59 Å². The van der Waals surface area contributed by atoms with Crippen molar-refractivity contribution in [1.29, 1.82) is 0 Å². The molecule has 0 saturated carbocycles. The van der Waals surface area contributed by atoms with Crippen LogP contribution in [0.2, 0.25) is 5.02 Å². The van der Waals surface area contributed by atoms with E-state index < -0.39 is 0 Å². The highest BCUT2D eigenvalue weighted by Gasteiger charge is 2.19. The quantitative estimate of drug-likeness (QED) is 0.806. The average molecular weight is 373 g/mol. The van der Waals surface area contributed by atoms with Crippen molar-refractivity contribution >= 4 is 34.8 Å². The maximum Gasteiger partial charge on any atom is 0.226 e. The molecule has 2 aromatic carbocycles. The van der Waals surface area contributed by atoms with Crippen LogP contribution in [-0.2, 0) is 9.59 Å². The van der Waals surface area contributed by atoms with Gasteiger partial charge in [0.25, 0.3) is 0 Å². The Morgan fingerprint density at radius 3 is 2.23 bits per heavy atom. The van der Waals surface area contributed by atoms with Gasteiger partial charge in [-0.05, 0) is 56.5 Å². The lowest BCUT2D eigenvalue weighted by Gasteiger charge is -2.24. The number of carbonyl (C=O) groups excluding carboxylic acids is 2. The minimum atomic E-state index is -0.141. The Kier molecular flexibility index (Phi) is 6.43. The van der Waals surface area contributed by atoms with Gasteiger partial charge in [-0.1, -0.05) is 35.4 Å². The van der Waals surface area contributed by atoms with Crippen LogP contribution in [0, 0.1) is 27.7 Å². The molecule has 26 heavy (non-hydrogen) atoms. The molecule has 2 rings (SSSR count). The van der Waals surface area contributed by atoms with Gasteiger partial charge in [-0.25, -0.2) is 0 Å². The van der Waals surface area contributed by atoms with Crippen molar-refractivity contribution in [3.8, 4) is 0 Å². The van der Waals surface area contributed by atoms with Gasteiger partial charge < -0.3 is 10.2 Å². The summed E-state index contributed by atoms with van der Waals surface area (Å²) in [6, 6.07) is 9.68. The second-order valence-corrected chi connectivity index (χ2v) is 7.11. The third-order valence-electron chi connectivity index (χ3n) is 4.27. The molecule has 0 fully saturated rings. The van der Waals surface area contributed by atoms with Crippen LogP contribution < -0.4 is 10.2 Å². The maximum absolute atomic E-state index is 12.3. The second kappa shape index (κ2) is 8.37. The van der Waals surface area contributed by atoms with Crippen LogP contribution in [0.4, 0.5) is 11.4 Å². The molecule has 2 amide bonds. The fourth-order valence-electron chi connectivity index (χ4n) is 3.06. The number of hydrogen-bond donors (Lipinski definition) is 1. The van der Waals surface area contributed by atoms with E-state index in [0.717, 1.165) is 27.9 Å². The lowest BCUT2D eigenvalue weighted by atomic mass is 10.1. The predicted octanol–water partition coefficient (Wildman–Crippen LogP) is 4.96. The van der Waals surface area contributed by atoms with Crippen molar-refractivity contribution < 1.29 is 9.59 Å². The summed E-state index contributed by atoms with van der Waals surface area (Å²) in [5.41, 5.74) is 5.57. The smallest absolute Gasteiger partial charge is 0.226 e. The number of nitrogens with zero attached hydrogens (tertiary/aromatic N) is 1. The first-order valence-corrected chi connectivity index (χ1v) is 8.98. The molecule has 0 aliphatic carbocycles. The second-order valence-electron chi connectivity index (χ2n) is 6.70. The Balaban J connectivity index is 2.12. The van der Waals surface area contributed by atoms with E-state index >= 15 is 0 Å². The minimum absolute atomic E-state index is 0.135. The summed E-state index contributed by atoms with van der Waals surface area (Å²) in [6.45, 7) is 9.60. The predicted molar refractivity (Wildman–Crippen MR) is 108 cm³/mol. The third kappa shape index (κ3) is 4.85. The molecule has 0 unspecified atom stereocenters. The van der Waals surface area contributed by atoms with Crippen LogP contribution in [0.15, 0.2) is 30.3 Å². The van der Waals surface area contributed by atoms with E-state index in [1.54, 1.807) is 4.90 Å². The van der Waals surface area contributed by atoms with Crippen LogP contribution in [0.25, 0.3) is 0 Å². The van der Waals surface area contributed by atoms with Gasteiger partial charge >= 0.3 is 0 Å². The van der Waals surface area contributed by atoms with Crippen LogP contribution in [0.1, 0.15) is 35.6 Å². The highest BCUT2D eigenvalue weighted by molar-refractivity contribution is 6.34. The molecule has 0 spiro atoms. The molecule has 0 atom stereocenters. The summed E-state index contributed by atoms with van der Waals surface area (Å²) in [6.07, 6.45) is 0.191. The molecule has 2 aromatic rings. The van der Waals surface area contributed by atoms with E-state index in [1.807, 2.05) is 58.0 Å². The summed E-state index contributed by atoms with van der Waals surface area (Å²) < 4.78 is 0. The van der Waals surface area contributed by atoms with Gasteiger partial charge in [0, 0.05) is 25.6 Å². The summed E-state index contributed by atoms with van der Waals surface area (Å²) in [7, 11) is 0. The first kappa shape index (κ1) is 20.0. The topological polar surface area (TPSA) is 49.4 Å². The van der Waals surface area contributed by atoms with E-state index in [-0.39, 0.29) is 24.8 Å². The van der Waals surface area contributed by atoms with Crippen molar-refractivity contribution in [2.45, 2.75) is 41.0 Å². The zero-order chi connectivity index (χ0) is 19.4. The first-order chi connectivity index (χ1) is 12.2. The molecular weight excluding hydrogens is 348 g/mol. The van der Waals surface area contributed by atoms with Crippen molar-refractivity contribution in [2.24, 2.45) is 0 Å². The molecule has 4 nitrogen and oxygen atoms in total. The van der Waals surface area contributed by atoms with E-state index in [4.69, 9.17) is 11.6 Å². The molecule has 1 N–H and O–H groups in total. The Morgan fingerprint density at radius 2 is 1.65 bits per heavy atom. The first-order valence-electron chi connectivity index (χ1n) is 8.61. The number of aryl methyl sites for hydroxylation is 4. The molecule has 138 valence electrons. The van der Waals surface area contributed by atoms with Gasteiger partial charge in [-0.3, -0.25) is 9.59 Å². The normalized spacial score (nSPS) is 10.5. The highest BCUT2D eigenvalue weighted by Crippen LogP contribution is 2.31. The molecule has 0 heterocycles. The Hall–Kier alpha value is -2.33. The summed E-state index contributed by atoms with van der Waals surface area (Å²) in [5.74, 6) is -0.276. The van der Waals surface area contributed by atoms with E-state index in [0.29, 0.717) is 10.7 Å². The number of nitrogens with one attached hydrogen (secondary N) is 1. The standard InChI is InChI=1S/C21H25ClN2O2/c1-13-6-7-19(15(3)10-13)23-20(26)8-9-24(17(5)25)21-16(4)11-14(2)12-18(21)22/h6-7,10-12H,8-9H2,1-5H3,(H,23,26). The van der Waals surface area contributed by atoms with E-state index in [2.05, 4.69) is 5.32 Å². The summed E-state index contributed by atoms with van der Waals surface area (Å²) >= 11 is 6.36. The van der Waals surface area contributed by atoms with Gasteiger partial charge in [-0.15, -0.1) is 0 Å². The molecule has 0 bridgehead atoms. The SMILES string of the molecule is CC(=O)N(CCC(=O)Nc1ccc(C)cc1C)c1c(C)cc(C)cc1Cl. The fraction of sp³-hybridized carbons (Fsp3) is 0.333. The minimum Gasteiger partial charge on any atom is -0.326 e. The largest absolute Gasteiger partial charge is 0.326 e. The molecule has 0 aromatic heterocycles. The number of amides is 2. The Bertz CT molecular complexity index is 823.